The van der Waals surface area contributed by atoms with Crippen LogP contribution in [0.3, 0.4) is 0 Å². The van der Waals surface area contributed by atoms with Crippen molar-refractivity contribution in [1.82, 2.24) is 4.90 Å². The molecule has 0 heterocycles. The molecule has 18 heavy (non-hydrogen) atoms. The Hall–Kier alpha value is -0.0800. The van der Waals surface area contributed by atoms with E-state index >= 15 is 0 Å². The Morgan fingerprint density at radius 2 is 1.67 bits per heavy atom. The van der Waals surface area contributed by atoms with E-state index in [4.69, 9.17) is 5.73 Å². The Morgan fingerprint density at radius 3 is 2.17 bits per heavy atom. The van der Waals surface area contributed by atoms with Gasteiger partial charge in [0, 0.05) is 24.7 Å². The molecule has 2 aliphatic rings. The fourth-order valence-corrected chi connectivity index (χ4v) is 4.16. The number of hydrogen-bond acceptors (Lipinski definition) is 2. The first-order valence-electron chi connectivity index (χ1n) is 8.15. The van der Waals surface area contributed by atoms with Crippen molar-refractivity contribution in [3.05, 3.63) is 0 Å². The van der Waals surface area contributed by atoms with Gasteiger partial charge in [-0.05, 0) is 31.6 Å². The van der Waals surface area contributed by atoms with Gasteiger partial charge in [0.25, 0.3) is 0 Å². The smallest absolute Gasteiger partial charge is 0.0334 e. The topological polar surface area (TPSA) is 29.3 Å². The van der Waals surface area contributed by atoms with Gasteiger partial charge in [-0.2, -0.15) is 0 Å². The minimum absolute atomic E-state index is 0.345. The maximum absolute atomic E-state index is 6.24. The summed E-state index contributed by atoms with van der Waals surface area (Å²) < 4.78 is 0. The van der Waals surface area contributed by atoms with E-state index in [2.05, 4.69) is 18.7 Å². The second-order valence-electron chi connectivity index (χ2n) is 6.97. The van der Waals surface area contributed by atoms with Crippen molar-refractivity contribution in [3.8, 4) is 0 Å². The predicted octanol–water partition coefficient (Wildman–Crippen LogP) is 3.55. The normalized spacial score (nSPS) is 25.2. The Morgan fingerprint density at radius 1 is 1.06 bits per heavy atom. The summed E-state index contributed by atoms with van der Waals surface area (Å²) in [4.78, 5) is 2.85. The number of rotatable bonds is 5. The molecule has 2 N–H and O–H groups in total. The maximum Gasteiger partial charge on any atom is 0.0334 e. The molecule has 0 unspecified atom stereocenters. The van der Waals surface area contributed by atoms with Crippen molar-refractivity contribution in [2.45, 2.75) is 83.2 Å². The van der Waals surface area contributed by atoms with Crippen LogP contribution in [0.1, 0.15) is 71.6 Å². The van der Waals surface area contributed by atoms with E-state index in [1.807, 2.05) is 0 Å². The average molecular weight is 252 g/mol. The fraction of sp³-hybridized carbons (Fsp3) is 1.00. The van der Waals surface area contributed by atoms with E-state index in [0.29, 0.717) is 5.54 Å². The Kier molecular flexibility index (Phi) is 5.08. The summed E-state index contributed by atoms with van der Waals surface area (Å²) >= 11 is 0. The zero-order valence-electron chi connectivity index (χ0n) is 12.5. The molecule has 0 saturated heterocycles. The maximum atomic E-state index is 6.24. The molecule has 106 valence electrons. The van der Waals surface area contributed by atoms with Gasteiger partial charge in [-0.3, -0.25) is 4.90 Å². The lowest BCUT2D eigenvalue weighted by molar-refractivity contribution is 0.0106. The number of hydrogen-bond donors (Lipinski definition) is 1. The molecule has 0 aromatic rings. The van der Waals surface area contributed by atoms with Crippen LogP contribution in [-0.2, 0) is 0 Å². The van der Waals surface area contributed by atoms with Crippen LogP contribution in [0.4, 0.5) is 0 Å². The summed E-state index contributed by atoms with van der Waals surface area (Å²) in [5.74, 6) is 0.760. The Bertz CT molecular complexity index is 237. The highest BCUT2D eigenvalue weighted by molar-refractivity contribution is 4.98. The molecule has 2 heteroatoms. The van der Waals surface area contributed by atoms with Gasteiger partial charge in [0.15, 0.2) is 0 Å². The molecule has 0 bridgehead atoms. The highest BCUT2D eigenvalue weighted by Gasteiger charge is 2.40. The summed E-state index contributed by atoms with van der Waals surface area (Å²) in [5, 5.41) is 0. The van der Waals surface area contributed by atoms with E-state index in [9.17, 15) is 0 Å². The lowest BCUT2D eigenvalue weighted by Crippen LogP contribution is -2.59. The van der Waals surface area contributed by atoms with Crippen molar-refractivity contribution in [3.63, 3.8) is 0 Å². The van der Waals surface area contributed by atoms with E-state index < -0.39 is 0 Å². The largest absolute Gasteiger partial charge is 0.329 e. The first kappa shape index (κ1) is 14.3. The van der Waals surface area contributed by atoms with Gasteiger partial charge >= 0.3 is 0 Å². The zero-order chi connectivity index (χ0) is 13.0. The van der Waals surface area contributed by atoms with Gasteiger partial charge in [0.05, 0.1) is 0 Å². The molecule has 0 atom stereocenters. The minimum Gasteiger partial charge on any atom is -0.329 e. The van der Waals surface area contributed by atoms with Gasteiger partial charge in [-0.1, -0.05) is 46.0 Å². The second-order valence-corrected chi connectivity index (χ2v) is 6.97. The number of nitrogens with two attached hydrogens (primary N) is 1. The van der Waals surface area contributed by atoms with Crippen LogP contribution in [0.2, 0.25) is 0 Å². The quantitative estimate of drug-likeness (QED) is 0.811. The first-order chi connectivity index (χ1) is 8.68. The van der Waals surface area contributed by atoms with E-state index in [1.165, 1.54) is 64.3 Å². The van der Waals surface area contributed by atoms with Gasteiger partial charge < -0.3 is 5.73 Å². The van der Waals surface area contributed by atoms with Crippen LogP contribution >= 0.6 is 0 Å². The van der Waals surface area contributed by atoms with Gasteiger partial charge in [-0.15, -0.1) is 0 Å². The van der Waals surface area contributed by atoms with E-state index in [-0.39, 0.29) is 0 Å². The third kappa shape index (κ3) is 3.08. The van der Waals surface area contributed by atoms with Crippen LogP contribution in [-0.4, -0.2) is 29.6 Å². The number of nitrogens with zero attached hydrogens (tertiary/aromatic N) is 1. The summed E-state index contributed by atoms with van der Waals surface area (Å²) in [6.45, 7) is 6.84. The highest BCUT2D eigenvalue weighted by atomic mass is 15.2. The van der Waals surface area contributed by atoms with Gasteiger partial charge in [-0.25, -0.2) is 0 Å². The molecule has 2 aliphatic carbocycles. The summed E-state index contributed by atoms with van der Waals surface area (Å²) in [5.41, 5.74) is 6.59. The van der Waals surface area contributed by atoms with Crippen molar-refractivity contribution in [1.29, 1.82) is 0 Å². The molecule has 2 nitrogen and oxygen atoms in total. The summed E-state index contributed by atoms with van der Waals surface area (Å²) in [6, 6.07) is 0.828. The van der Waals surface area contributed by atoms with Gasteiger partial charge in [0.1, 0.15) is 0 Å². The Balaban J connectivity index is 2.13. The molecule has 0 aromatic heterocycles. The third-order valence-corrected chi connectivity index (χ3v) is 5.10. The lowest BCUT2D eigenvalue weighted by Gasteiger charge is -2.50. The molecule has 0 spiro atoms. The molecule has 0 radical (unpaired) electrons. The Labute approximate surface area is 113 Å². The van der Waals surface area contributed by atoms with Crippen LogP contribution in [0.5, 0.6) is 0 Å². The molecule has 0 aromatic carbocycles. The van der Waals surface area contributed by atoms with Crippen molar-refractivity contribution >= 4 is 0 Å². The molecule has 0 aliphatic heterocycles. The highest BCUT2D eigenvalue weighted by Crippen LogP contribution is 2.38. The SMILES string of the molecule is CC(C)CN(C1CCCC1)C1(CN)CCCCC1. The van der Waals surface area contributed by atoms with Crippen molar-refractivity contribution < 1.29 is 0 Å². The lowest BCUT2D eigenvalue weighted by atomic mass is 9.78. The van der Waals surface area contributed by atoms with Crippen LogP contribution < -0.4 is 5.73 Å². The molecule has 2 saturated carbocycles. The van der Waals surface area contributed by atoms with Gasteiger partial charge in [0.2, 0.25) is 0 Å². The van der Waals surface area contributed by atoms with Crippen LogP contribution in [0.25, 0.3) is 0 Å². The van der Waals surface area contributed by atoms with E-state index in [1.54, 1.807) is 0 Å². The predicted molar refractivity (Wildman–Crippen MR) is 78.7 cm³/mol. The second kappa shape index (κ2) is 6.38. The third-order valence-electron chi connectivity index (χ3n) is 5.10. The standard InChI is InChI=1S/C16H32N2/c1-14(2)12-18(15-8-4-5-9-15)16(13-17)10-6-3-7-11-16/h14-15H,3-13,17H2,1-2H3. The van der Waals surface area contributed by atoms with Crippen LogP contribution in [0.15, 0.2) is 0 Å². The summed E-state index contributed by atoms with van der Waals surface area (Å²) in [6.07, 6.45) is 12.6. The molecule has 0 amide bonds. The zero-order valence-corrected chi connectivity index (χ0v) is 12.5. The average Bonchev–Trinajstić information content (AvgIpc) is 2.90. The van der Waals surface area contributed by atoms with E-state index in [0.717, 1.165) is 18.5 Å². The summed E-state index contributed by atoms with van der Waals surface area (Å²) in [7, 11) is 0. The monoisotopic (exact) mass is 252 g/mol. The minimum atomic E-state index is 0.345. The fourth-order valence-electron chi connectivity index (χ4n) is 4.16. The molecule has 2 rings (SSSR count). The molecule has 2 fully saturated rings. The molecular formula is C16H32N2. The van der Waals surface area contributed by atoms with Crippen molar-refractivity contribution in [2.24, 2.45) is 11.7 Å². The van der Waals surface area contributed by atoms with Crippen LogP contribution in [0, 0.1) is 5.92 Å². The molecular weight excluding hydrogens is 220 g/mol. The first-order valence-corrected chi connectivity index (χ1v) is 8.15. The van der Waals surface area contributed by atoms with Crippen molar-refractivity contribution in [2.75, 3.05) is 13.1 Å².